The van der Waals surface area contributed by atoms with Crippen LogP contribution in [0.25, 0.3) is 0 Å². The molecule has 0 saturated heterocycles. The predicted octanol–water partition coefficient (Wildman–Crippen LogP) is 1.56. The Hall–Kier alpha value is -0.560. The van der Waals surface area contributed by atoms with Gasteiger partial charge < -0.3 is 25.0 Å². The smallest absolute Gasteiger partial charge is 0.159 e. The molecule has 2 rings (SSSR count). The van der Waals surface area contributed by atoms with Crippen molar-refractivity contribution < 1.29 is 10.2 Å². The van der Waals surface area contributed by atoms with E-state index in [-0.39, 0.29) is 26.4 Å². The van der Waals surface area contributed by atoms with E-state index in [4.69, 9.17) is 33.4 Å². The van der Waals surface area contributed by atoms with Crippen molar-refractivity contribution in [2.45, 2.75) is 0 Å². The summed E-state index contributed by atoms with van der Waals surface area (Å²) in [5.41, 5.74) is 1.15. The number of hydroxylamine groups is 2. The Kier molecular flexibility index (Phi) is 4.01. The van der Waals surface area contributed by atoms with Crippen LogP contribution in [0.5, 0.6) is 0 Å². The van der Waals surface area contributed by atoms with Crippen LogP contribution in [0.15, 0.2) is 12.1 Å². The van der Waals surface area contributed by atoms with E-state index >= 15 is 0 Å². The normalized spacial score (nSPS) is 22.4. The molecule has 0 fully saturated rings. The molecule has 0 spiro atoms. The minimum absolute atomic E-state index is 0.0485. The van der Waals surface area contributed by atoms with Crippen molar-refractivity contribution in [2.75, 3.05) is 37.9 Å². The number of hydrogen-bond acceptors (Lipinski definition) is 4. The van der Waals surface area contributed by atoms with E-state index in [1.165, 1.54) is 0 Å². The van der Waals surface area contributed by atoms with Gasteiger partial charge in [-0.15, -0.1) is 0 Å². The first kappa shape index (κ1) is 13.9. The van der Waals surface area contributed by atoms with Crippen molar-refractivity contribution in [2.24, 2.45) is 0 Å². The number of aliphatic hydroxyl groups excluding tert-OH is 2. The largest absolute Gasteiger partial charge is 0.626 e. The zero-order chi connectivity index (χ0) is 13.3. The molecule has 1 heterocycles. The number of β-amino-alcohol motifs (C(OH)–C–C–N with tert-alkyl or cyclic N) is 1. The van der Waals surface area contributed by atoms with Crippen molar-refractivity contribution >= 4 is 34.6 Å². The van der Waals surface area contributed by atoms with E-state index in [0.717, 1.165) is 0 Å². The van der Waals surface area contributed by atoms with E-state index in [9.17, 15) is 5.21 Å². The molecular formula is C11H14Cl2N2O3. The van der Waals surface area contributed by atoms with Crippen LogP contribution in [0.3, 0.4) is 0 Å². The van der Waals surface area contributed by atoms with Crippen LogP contribution in [-0.2, 0) is 0 Å². The molecule has 18 heavy (non-hydrogen) atoms. The SMILES string of the molecule is [O-][N+]1(CCO)CN(CCO)c2cc(Cl)c(Cl)cc21. The van der Waals surface area contributed by atoms with Crippen molar-refractivity contribution in [3.63, 3.8) is 0 Å². The second-order valence-electron chi connectivity index (χ2n) is 4.22. The molecule has 0 amide bonds. The van der Waals surface area contributed by atoms with Crippen LogP contribution in [-0.4, -0.2) is 43.2 Å². The predicted molar refractivity (Wildman–Crippen MR) is 72.9 cm³/mol. The molecule has 1 unspecified atom stereocenters. The Morgan fingerprint density at radius 3 is 2.50 bits per heavy atom. The van der Waals surface area contributed by atoms with Crippen molar-refractivity contribution in [1.82, 2.24) is 4.65 Å². The third kappa shape index (κ3) is 2.30. The Morgan fingerprint density at radius 1 is 1.22 bits per heavy atom. The van der Waals surface area contributed by atoms with Gasteiger partial charge >= 0.3 is 0 Å². The molecule has 0 aromatic heterocycles. The molecule has 2 N–H and O–H groups in total. The molecule has 1 aromatic carbocycles. The van der Waals surface area contributed by atoms with Gasteiger partial charge in [-0.05, 0) is 6.07 Å². The van der Waals surface area contributed by atoms with E-state index in [1.54, 1.807) is 17.0 Å². The zero-order valence-corrected chi connectivity index (χ0v) is 11.2. The first-order valence-electron chi connectivity index (χ1n) is 5.56. The van der Waals surface area contributed by atoms with E-state index in [0.29, 0.717) is 28.0 Å². The molecule has 1 atom stereocenters. The van der Waals surface area contributed by atoms with Gasteiger partial charge in [0, 0.05) is 12.6 Å². The highest BCUT2D eigenvalue weighted by Gasteiger charge is 2.36. The molecule has 0 bridgehead atoms. The van der Waals surface area contributed by atoms with Crippen LogP contribution in [0, 0.1) is 5.21 Å². The molecule has 1 aliphatic rings. The number of aliphatic hydroxyl groups is 2. The Morgan fingerprint density at radius 2 is 1.89 bits per heavy atom. The number of rotatable bonds is 4. The molecule has 1 aliphatic heterocycles. The molecule has 0 aliphatic carbocycles. The van der Waals surface area contributed by atoms with Gasteiger partial charge in [0.05, 0.1) is 23.3 Å². The molecule has 1 aromatic rings. The molecular weight excluding hydrogens is 279 g/mol. The quantitative estimate of drug-likeness (QED) is 0.653. The molecule has 0 radical (unpaired) electrons. The highest BCUT2D eigenvalue weighted by Crippen LogP contribution is 2.44. The second kappa shape index (κ2) is 5.21. The number of quaternary nitrogens is 1. The van der Waals surface area contributed by atoms with Gasteiger partial charge in [0.15, 0.2) is 12.4 Å². The van der Waals surface area contributed by atoms with Crippen LogP contribution < -0.4 is 9.55 Å². The number of benzene rings is 1. The van der Waals surface area contributed by atoms with Gasteiger partial charge in [-0.3, -0.25) is 0 Å². The summed E-state index contributed by atoms with van der Waals surface area (Å²) in [5.74, 6) is 0. The number of anilines is 1. The summed E-state index contributed by atoms with van der Waals surface area (Å²) >= 11 is 11.9. The van der Waals surface area contributed by atoms with Crippen molar-refractivity contribution in [1.29, 1.82) is 0 Å². The summed E-state index contributed by atoms with van der Waals surface area (Å²) < 4.78 is -0.678. The van der Waals surface area contributed by atoms with E-state index in [2.05, 4.69) is 0 Å². The summed E-state index contributed by atoms with van der Waals surface area (Å²) in [6, 6.07) is 3.17. The van der Waals surface area contributed by atoms with Gasteiger partial charge in [-0.2, -0.15) is 0 Å². The van der Waals surface area contributed by atoms with Gasteiger partial charge in [0.25, 0.3) is 0 Å². The molecule has 5 nitrogen and oxygen atoms in total. The third-order valence-electron chi connectivity index (χ3n) is 3.03. The maximum absolute atomic E-state index is 12.6. The van der Waals surface area contributed by atoms with Gasteiger partial charge in [0.1, 0.15) is 12.2 Å². The lowest BCUT2D eigenvalue weighted by Crippen LogP contribution is -2.48. The second-order valence-corrected chi connectivity index (χ2v) is 5.03. The molecule has 100 valence electrons. The lowest BCUT2D eigenvalue weighted by Gasteiger charge is -2.37. The van der Waals surface area contributed by atoms with Gasteiger partial charge in [0.2, 0.25) is 0 Å². The lowest BCUT2D eigenvalue weighted by molar-refractivity contribution is 0.240. The first-order valence-corrected chi connectivity index (χ1v) is 6.32. The highest BCUT2D eigenvalue weighted by atomic mass is 35.5. The van der Waals surface area contributed by atoms with E-state index in [1.807, 2.05) is 0 Å². The van der Waals surface area contributed by atoms with Crippen LogP contribution in [0.4, 0.5) is 11.4 Å². The fourth-order valence-electron chi connectivity index (χ4n) is 2.20. The standard InChI is InChI=1S/C11H14Cl2N2O3/c12-8-5-10-11(6-9(8)13)15(18,2-4-17)7-14(10)1-3-16/h5-6,16-17H,1-4,7H2. The van der Waals surface area contributed by atoms with Crippen molar-refractivity contribution in [3.8, 4) is 0 Å². The van der Waals surface area contributed by atoms with Crippen LogP contribution in [0.2, 0.25) is 10.0 Å². The molecule has 0 saturated carbocycles. The maximum atomic E-state index is 12.6. The number of hydrogen-bond donors (Lipinski definition) is 2. The van der Waals surface area contributed by atoms with E-state index < -0.39 is 4.65 Å². The summed E-state index contributed by atoms with van der Waals surface area (Å²) in [4.78, 5) is 1.75. The van der Waals surface area contributed by atoms with Crippen LogP contribution >= 0.6 is 23.2 Å². The Bertz CT molecular complexity index is 458. The topological polar surface area (TPSA) is 66.8 Å². The monoisotopic (exact) mass is 292 g/mol. The number of fused-ring (bicyclic) bond motifs is 1. The third-order valence-corrected chi connectivity index (χ3v) is 3.75. The molecule has 7 heteroatoms. The lowest BCUT2D eigenvalue weighted by atomic mass is 10.2. The van der Waals surface area contributed by atoms with Gasteiger partial charge in [-0.1, -0.05) is 23.2 Å². The number of nitrogens with zero attached hydrogens (tertiary/aromatic N) is 2. The maximum Gasteiger partial charge on any atom is 0.159 e. The fourth-order valence-corrected chi connectivity index (χ4v) is 2.51. The average Bonchev–Trinajstić information content (AvgIpc) is 2.55. The van der Waals surface area contributed by atoms with Crippen LogP contribution in [0.1, 0.15) is 0 Å². The first-order chi connectivity index (χ1) is 8.51. The summed E-state index contributed by atoms with van der Waals surface area (Å²) in [6.45, 7) is 0.271. The summed E-state index contributed by atoms with van der Waals surface area (Å²) in [7, 11) is 0. The summed E-state index contributed by atoms with van der Waals surface area (Å²) in [5, 5.41) is 31.3. The zero-order valence-electron chi connectivity index (χ0n) is 9.64. The summed E-state index contributed by atoms with van der Waals surface area (Å²) in [6.07, 6.45) is 0. The minimum Gasteiger partial charge on any atom is -0.626 e. The van der Waals surface area contributed by atoms with Gasteiger partial charge in [-0.25, -0.2) is 0 Å². The minimum atomic E-state index is -0.678. The Balaban J connectivity index is 2.47. The fraction of sp³-hybridized carbons (Fsp3) is 0.455. The average molecular weight is 293 g/mol. The number of halogens is 2. The Labute approximate surface area is 115 Å². The van der Waals surface area contributed by atoms with Crippen molar-refractivity contribution in [3.05, 3.63) is 27.4 Å². The highest BCUT2D eigenvalue weighted by molar-refractivity contribution is 6.42.